The molecule has 1 rings (SSSR count). The molecular formula is C6H11N3O2S. The molecule has 1 aliphatic rings. The van der Waals surface area contributed by atoms with Crippen molar-refractivity contribution in [1.82, 2.24) is 10.0 Å². The summed E-state index contributed by atoms with van der Waals surface area (Å²) in [7, 11) is -3.14. The first kappa shape index (κ1) is 9.05. The van der Waals surface area contributed by atoms with E-state index in [1.807, 2.05) is 0 Å². The quantitative estimate of drug-likeness (QED) is 0.550. The summed E-state index contributed by atoms with van der Waals surface area (Å²) in [6.07, 6.45) is 1.63. The van der Waals surface area contributed by atoms with E-state index in [9.17, 15) is 8.42 Å². The van der Waals surface area contributed by atoms with Gasteiger partial charge in [0.15, 0.2) is 0 Å². The maximum atomic E-state index is 11.0. The fraction of sp³-hybridized carbons (Fsp3) is 0.500. The van der Waals surface area contributed by atoms with Crippen molar-refractivity contribution in [3.63, 3.8) is 0 Å². The summed E-state index contributed by atoms with van der Waals surface area (Å²) >= 11 is 0. The molecule has 1 aliphatic heterocycles. The van der Waals surface area contributed by atoms with E-state index in [4.69, 9.17) is 0 Å². The van der Waals surface area contributed by atoms with Crippen LogP contribution in [0.3, 0.4) is 0 Å². The fourth-order valence-electron chi connectivity index (χ4n) is 0.769. The van der Waals surface area contributed by atoms with Crippen LogP contribution in [0.25, 0.3) is 0 Å². The van der Waals surface area contributed by atoms with E-state index >= 15 is 0 Å². The average Bonchev–Trinajstić information content (AvgIpc) is 1.99. The molecule has 0 bridgehead atoms. The van der Waals surface area contributed by atoms with Gasteiger partial charge in [-0.05, 0) is 0 Å². The van der Waals surface area contributed by atoms with Gasteiger partial charge in [0.05, 0.1) is 12.3 Å². The highest BCUT2D eigenvalue weighted by Gasteiger charge is 2.16. The molecule has 0 spiro atoms. The predicted molar refractivity (Wildman–Crippen MR) is 47.4 cm³/mol. The minimum atomic E-state index is -3.14. The molecule has 12 heavy (non-hydrogen) atoms. The third kappa shape index (κ3) is 2.54. The monoisotopic (exact) mass is 189 g/mol. The molecule has 5 nitrogen and oxygen atoms in total. The van der Waals surface area contributed by atoms with E-state index in [-0.39, 0.29) is 5.75 Å². The second-order valence-electron chi connectivity index (χ2n) is 2.32. The van der Waals surface area contributed by atoms with E-state index in [1.54, 1.807) is 6.08 Å². The maximum absolute atomic E-state index is 11.0. The van der Waals surface area contributed by atoms with Gasteiger partial charge in [0.25, 0.3) is 0 Å². The molecule has 2 N–H and O–H groups in total. The van der Waals surface area contributed by atoms with Crippen LogP contribution in [0.15, 0.2) is 17.6 Å². The Bertz CT molecular complexity index is 294. The van der Waals surface area contributed by atoms with Crippen molar-refractivity contribution < 1.29 is 8.42 Å². The Morgan fingerprint density at radius 2 is 2.50 bits per heavy atom. The second-order valence-corrected chi connectivity index (χ2v) is 4.16. The highest BCUT2D eigenvalue weighted by atomic mass is 32.2. The molecule has 0 aromatic carbocycles. The summed E-state index contributed by atoms with van der Waals surface area (Å²) in [6.45, 7) is 4.30. The van der Waals surface area contributed by atoms with Gasteiger partial charge in [-0.15, -0.1) is 6.58 Å². The predicted octanol–water partition coefficient (Wildman–Crippen LogP) is -0.949. The normalized spacial score (nSPS) is 20.5. The second kappa shape index (κ2) is 3.57. The highest BCUT2D eigenvalue weighted by Crippen LogP contribution is 1.91. The van der Waals surface area contributed by atoms with Crippen molar-refractivity contribution in [3.05, 3.63) is 12.7 Å². The van der Waals surface area contributed by atoms with Crippen molar-refractivity contribution in [2.75, 3.05) is 18.8 Å². The lowest BCUT2D eigenvalue weighted by atomic mass is 10.6. The van der Waals surface area contributed by atoms with Gasteiger partial charge in [0, 0.05) is 6.54 Å². The molecule has 1 heterocycles. The molecular weight excluding hydrogens is 178 g/mol. The minimum absolute atomic E-state index is 0.0618. The van der Waals surface area contributed by atoms with Gasteiger partial charge in [-0.2, -0.15) is 0 Å². The Hall–Kier alpha value is -1.04. The van der Waals surface area contributed by atoms with Crippen LogP contribution < -0.4 is 10.0 Å². The molecule has 0 aliphatic carbocycles. The molecule has 0 amide bonds. The average molecular weight is 189 g/mol. The zero-order valence-electron chi connectivity index (χ0n) is 6.58. The first-order valence-corrected chi connectivity index (χ1v) is 5.19. The smallest absolute Gasteiger partial charge is 0.236 e. The zero-order chi connectivity index (χ0) is 9.03. The Morgan fingerprint density at radius 3 is 3.08 bits per heavy atom. The number of hydrogen-bond acceptors (Lipinski definition) is 4. The Balaban J connectivity index is 2.56. The van der Waals surface area contributed by atoms with Crippen molar-refractivity contribution >= 4 is 16.0 Å². The molecule has 0 atom stereocenters. The van der Waals surface area contributed by atoms with E-state index in [1.165, 1.54) is 0 Å². The maximum Gasteiger partial charge on any atom is 0.236 e. The number of sulfonamides is 1. The summed E-state index contributed by atoms with van der Waals surface area (Å²) < 4.78 is 24.2. The molecule has 0 unspecified atom stereocenters. The van der Waals surface area contributed by atoms with E-state index in [2.05, 4.69) is 21.6 Å². The topological polar surface area (TPSA) is 70.6 Å². The Kier molecular flexibility index (Phi) is 2.69. The van der Waals surface area contributed by atoms with Gasteiger partial charge in [0.2, 0.25) is 16.0 Å². The van der Waals surface area contributed by atoms with Gasteiger partial charge < -0.3 is 5.32 Å². The summed E-state index contributed by atoms with van der Waals surface area (Å²) in [5.41, 5.74) is 0. The first-order chi connectivity index (χ1) is 5.64. The lowest BCUT2D eigenvalue weighted by Crippen LogP contribution is -2.45. The SMILES string of the molecule is C=CCNC1=NCCS(=O)(=O)N1. The summed E-state index contributed by atoms with van der Waals surface area (Å²) in [5.74, 6) is 0.368. The van der Waals surface area contributed by atoms with E-state index in [0.29, 0.717) is 19.0 Å². The van der Waals surface area contributed by atoms with Crippen LogP contribution in [0.5, 0.6) is 0 Å². The third-order valence-electron chi connectivity index (χ3n) is 1.30. The van der Waals surface area contributed by atoms with E-state index < -0.39 is 10.0 Å². The standard InChI is InChI=1S/C6H11N3O2S/c1-2-3-7-6-8-4-5-12(10,11)9-6/h2H,1,3-5H2,(H2,7,8,9). The Morgan fingerprint density at radius 1 is 1.75 bits per heavy atom. The van der Waals surface area contributed by atoms with Crippen LogP contribution in [0.2, 0.25) is 0 Å². The number of nitrogens with one attached hydrogen (secondary N) is 2. The van der Waals surface area contributed by atoms with Gasteiger partial charge >= 0.3 is 0 Å². The molecule has 0 radical (unpaired) electrons. The molecule has 0 saturated heterocycles. The number of aliphatic imine (C=N–C) groups is 1. The largest absolute Gasteiger partial charge is 0.352 e. The van der Waals surface area contributed by atoms with Crippen LogP contribution in [-0.2, 0) is 10.0 Å². The summed E-state index contributed by atoms with van der Waals surface area (Å²) in [4.78, 5) is 3.93. The highest BCUT2D eigenvalue weighted by molar-refractivity contribution is 7.90. The number of hydrogen-bond donors (Lipinski definition) is 2. The Labute approximate surface area is 71.6 Å². The van der Waals surface area contributed by atoms with Crippen molar-refractivity contribution in [2.45, 2.75) is 0 Å². The van der Waals surface area contributed by atoms with Crippen molar-refractivity contribution in [1.29, 1.82) is 0 Å². The van der Waals surface area contributed by atoms with Gasteiger partial charge in [0.1, 0.15) is 0 Å². The number of rotatable bonds is 2. The van der Waals surface area contributed by atoms with Gasteiger partial charge in [-0.3, -0.25) is 9.71 Å². The van der Waals surface area contributed by atoms with E-state index in [0.717, 1.165) is 0 Å². The van der Waals surface area contributed by atoms with Gasteiger partial charge in [-0.1, -0.05) is 6.08 Å². The van der Waals surface area contributed by atoms with Crippen LogP contribution >= 0.6 is 0 Å². The summed E-state index contributed by atoms with van der Waals surface area (Å²) in [6, 6.07) is 0. The molecule has 0 aromatic rings. The third-order valence-corrected chi connectivity index (χ3v) is 2.52. The number of guanidine groups is 1. The van der Waals surface area contributed by atoms with Crippen LogP contribution in [0.4, 0.5) is 0 Å². The molecule has 0 fully saturated rings. The van der Waals surface area contributed by atoms with Crippen molar-refractivity contribution in [3.8, 4) is 0 Å². The van der Waals surface area contributed by atoms with Crippen molar-refractivity contribution in [2.24, 2.45) is 4.99 Å². The number of nitrogens with zero attached hydrogens (tertiary/aromatic N) is 1. The minimum Gasteiger partial charge on any atom is -0.352 e. The summed E-state index contributed by atoms with van der Waals surface area (Å²) in [5, 5.41) is 2.77. The fourth-order valence-corrected chi connectivity index (χ4v) is 1.63. The molecule has 0 saturated carbocycles. The van der Waals surface area contributed by atoms with Crippen LogP contribution in [0.1, 0.15) is 0 Å². The van der Waals surface area contributed by atoms with Crippen LogP contribution in [0, 0.1) is 0 Å². The zero-order valence-corrected chi connectivity index (χ0v) is 7.39. The molecule has 68 valence electrons. The van der Waals surface area contributed by atoms with Crippen LogP contribution in [-0.4, -0.2) is 33.2 Å². The molecule has 6 heteroatoms. The lowest BCUT2D eigenvalue weighted by Gasteiger charge is -2.15. The lowest BCUT2D eigenvalue weighted by molar-refractivity contribution is 0.589. The first-order valence-electron chi connectivity index (χ1n) is 3.54. The van der Waals surface area contributed by atoms with Gasteiger partial charge in [-0.25, -0.2) is 8.42 Å². The molecule has 0 aromatic heterocycles.